The Balaban J connectivity index is 1.80. The van der Waals surface area contributed by atoms with Gasteiger partial charge in [-0.25, -0.2) is 4.68 Å². The van der Waals surface area contributed by atoms with Crippen LogP contribution in [-0.4, -0.2) is 38.0 Å². The molecule has 0 aliphatic carbocycles. The molecule has 0 saturated carbocycles. The molecule has 176 valence electrons. The number of carbonyl (C=O) groups is 1. The third kappa shape index (κ3) is 4.21. The molecule has 0 spiro atoms. The highest BCUT2D eigenvalue weighted by Gasteiger charge is 2.41. The maximum atomic E-state index is 14.0. The number of rotatable bonds is 4. The lowest BCUT2D eigenvalue weighted by molar-refractivity contribution is -0.143. The molecule has 0 aliphatic heterocycles. The van der Waals surface area contributed by atoms with Crippen LogP contribution >= 0.6 is 0 Å². The summed E-state index contributed by atoms with van der Waals surface area (Å²) in [5.41, 5.74) is -4.11. The van der Waals surface area contributed by atoms with Crippen LogP contribution in [0.1, 0.15) is 21.7 Å². The number of benzene rings is 1. The molecule has 8 nitrogen and oxygen atoms in total. The van der Waals surface area contributed by atoms with Crippen LogP contribution in [0.5, 0.6) is 5.88 Å². The van der Waals surface area contributed by atoms with Gasteiger partial charge in [-0.2, -0.15) is 36.5 Å². The zero-order chi connectivity index (χ0) is 24.7. The average molecular weight is 482 g/mol. The van der Waals surface area contributed by atoms with Gasteiger partial charge in [0.2, 0.25) is 5.88 Å². The van der Waals surface area contributed by atoms with Gasteiger partial charge in [0.15, 0.2) is 5.69 Å². The lowest BCUT2D eigenvalue weighted by Gasteiger charge is -2.15. The number of alkyl halides is 6. The number of aromatic nitrogens is 5. The van der Waals surface area contributed by atoms with E-state index in [0.717, 1.165) is 12.3 Å². The molecule has 14 heteroatoms. The summed E-state index contributed by atoms with van der Waals surface area (Å²) in [7, 11) is 1.32. The standard InChI is InChI=1S/C20H12F6N6O2/c1-34-18-11-3-2-4-14(12(11)8-28-31-18)32-16(20(24,25)26)13(9-29-32)17(33)30-10-5-6-27-15(7-10)19(21,22)23/h2-9H,1H3,(H,27,30,33). The van der Waals surface area contributed by atoms with Crippen LogP contribution in [0.3, 0.4) is 0 Å². The lowest BCUT2D eigenvalue weighted by Crippen LogP contribution is -2.21. The number of carbonyl (C=O) groups excluding carboxylic acids is 1. The average Bonchev–Trinajstić information content (AvgIpc) is 3.24. The minimum absolute atomic E-state index is 0.0659. The summed E-state index contributed by atoms with van der Waals surface area (Å²) in [5, 5.41) is 13.8. The van der Waals surface area contributed by atoms with E-state index in [2.05, 4.69) is 20.3 Å². The number of fused-ring (bicyclic) bond motifs is 1. The fraction of sp³-hybridized carbons (Fsp3) is 0.150. The number of pyridine rings is 1. The van der Waals surface area contributed by atoms with Gasteiger partial charge in [-0.1, -0.05) is 6.07 Å². The highest BCUT2D eigenvalue weighted by atomic mass is 19.4. The van der Waals surface area contributed by atoms with Gasteiger partial charge < -0.3 is 10.1 Å². The van der Waals surface area contributed by atoms with Crippen molar-refractivity contribution in [3.05, 3.63) is 65.9 Å². The van der Waals surface area contributed by atoms with Crippen molar-refractivity contribution in [1.29, 1.82) is 0 Å². The Bertz CT molecular complexity index is 1380. The number of anilines is 1. The summed E-state index contributed by atoms with van der Waals surface area (Å²) in [6, 6.07) is 5.84. The number of nitrogens with zero attached hydrogens (tertiary/aromatic N) is 5. The quantitative estimate of drug-likeness (QED) is 0.430. The van der Waals surface area contributed by atoms with E-state index in [-0.39, 0.29) is 17.0 Å². The molecule has 0 unspecified atom stereocenters. The van der Waals surface area contributed by atoms with Crippen LogP contribution in [0.2, 0.25) is 0 Å². The molecule has 1 N–H and O–H groups in total. The van der Waals surface area contributed by atoms with Crippen molar-refractivity contribution in [2.45, 2.75) is 12.4 Å². The number of ether oxygens (including phenoxy) is 1. The van der Waals surface area contributed by atoms with Gasteiger partial charge in [0.1, 0.15) is 5.69 Å². The number of hydrogen-bond acceptors (Lipinski definition) is 6. The third-order valence-electron chi connectivity index (χ3n) is 4.66. The van der Waals surface area contributed by atoms with Crippen LogP contribution in [0, 0.1) is 0 Å². The Morgan fingerprint density at radius 1 is 1.03 bits per heavy atom. The van der Waals surface area contributed by atoms with E-state index in [4.69, 9.17) is 4.74 Å². The molecule has 0 radical (unpaired) electrons. The Kier molecular flexibility index (Phi) is 5.59. The number of halogens is 6. The van der Waals surface area contributed by atoms with E-state index < -0.39 is 40.9 Å². The maximum Gasteiger partial charge on any atom is 0.434 e. The van der Waals surface area contributed by atoms with Crippen LogP contribution in [0.4, 0.5) is 32.0 Å². The van der Waals surface area contributed by atoms with Crippen LogP contribution in [0.25, 0.3) is 16.5 Å². The summed E-state index contributed by atoms with van der Waals surface area (Å²) in [4.78, 5) is 15.8. The first-order valence-corrected chi connectivity index (χ1v) is 9.29. The van der Waals surface area contributed by atoms with Crippen molar-refractivity contribution >= 4 is 22.4 Å². The highest BCUT2D eigenvalue weighted by molar-refractivity contribution is 6.05. The molecule has 0 fully saturated rings. The van der Waals surface area contributed by atoms with Crippen LogP contribution in [-0.2, 0) is 12.4 Å². The Morgan fingerprint density at radius 2 is 1.79 bits per heavy atom. The Morgan fingerprint density at radius 3 is 2.47 bits per heavy atom. The smallest absolute Gasteiger partial charge is 0.434 e. The molecule has 0 bridgehead atoms. The first-order valence-electron chi connectivity index (χ1n) is 9.29. The number of hydrogen-bond donors (Lipinski definition) is 1. The van der Waals surface area contributed by atoms with Crippen molar-refractivity contribution in [1.82, 2.24) is 25.0 Å². The SMILES string of the molecule is COc1nncc2c(-n3ncc(C(=O)Nc4ccnc(C(F)(F)F)c4)c3C(F)(F)F)cccc12. The fourth-order valence-corrected chi connectivity index (χ4v) is 3.24. The lowest BCUT2D eigenvalue weighted by atomic mass is 10.1. The molecular formula is C20H12F6N6O2. The molecule has 0 saturated heterocycles. The molecule has 1 amide bonds. The zero-order valence-corrected chi connectivity index (χ0v) is 16.9. The minimum Gasteiger partial charge on any atom is -0.479 e. The van der Waals surface area contributed by atoms with Crippen molar-refractivity contribution in [2.75, 3.05) is 12.4 Å². The molecule has 3 heterocycles. The van der Waals surface area contributed by atoms with Crippen molar-refractivity contribution < 1.29 is 35.9 Å². The van der Waals surface area contributed by atoms with E-state index in [0.29, 0.717) is 22.3 Å². The largest absolute Gasteiger partial charge is 0.479 e. The molecule has 3 aromatic heterocycles. The molecule has 34 heavy (non-hydrogen) atoms. The predicted octanol–water partition coefficient (Wildman–Crippen LogP) is 4.51. The van der Waals surface area contributed by atoms with Gasteiger partial charge >= 0.3 is 12.4 Å². The molecule has 0 aliphatic rings. The Hall–Kier alpha value is -4.23. The van der Waals surface area contributed by atoms with Gasteiger partial charge in [0.05, 0.1) is 30.8 Å². The highest BCUT2D eigenvalue weighted by Crippen LogP contribution is 2.36. The van der Waals surface area contributed by atoms with Crippen molar-refractivity contribution in [2.24, 2.45) is 0 Å². The first kappa shape index (κ1) is 22.9. The van der Waals surface area contributed by atoms with E-state index in [1.165, 1.54) is 25.4 Å². The number of amides is 1. The molecule has 1 aromatic carbocycles. The fourth-order valence-electron chi connectivity index (χ4n) is 3.24. The Labute approximate surface area is 186 Å². The second kappa shape index (κ2) is 8.28. The maximum absolute atomic E-state index is 14.0. The second-order valence-electron chi connectivity index (χ2n) is 6.79. The van der Waals surface area contributed by atoms with Crippen LogP contribution in [0.15, 0.2) is 48.9 Å². The second-order valence-corrected chi connectivity index (χ2v) is 6.79. The summed E-state index contributed by atoms with van der Waals surface area (Å²) in [5.74, 6) is -1.24. The minimum atomic E-state index is -5.05. The van der Waals surface area contributed by atoms with E-state index in [1.54, 1.807) is 6.07 Å². The molecule has 4 rings (SSSR count). The van der Waals surface area contributed by atoms with Crippen molar-refractivity contribution in [3.8, 4) is 11.6 Å². The van der Waals surface area contributed by atoms with E-state index in [1.807, 2.05) is 5.32 Å². The van der Waals surface area contributed by atoms with Crippen molar-refractivity contribution in [3.63, 3.8) is 0 Å². The van der Waals surface area contributed by atoms with E-state index >= 15 is 0 Å². The summed E-state index contributed by atoms with van der Waals surface area (Å²) in [6.07, 6.45) is -7.19. The van der Waals surface area contributed by atoms with E-state index in [9.17, 15) is 31.1 Å². The van der Waals surface area contributed by atoms with Gasteiger partial charge in [-0.05, 0) is 24.3 Å². The van der Waals surface area contributed by atoms with Gasteiger partial charge in [-0.3, -0.25) is 9.78 Å². The molecular weight excluding hydrogens is 470 g/mol. The number of nitrogens with one attached hydrogen (secondary N) is 1. The summed E-state index contributed by atoms with van der Waals surface area (Å²) < 4.78 is 86.3. The first-order chi connectivity index (χ1) is 16.0. The zero-order valence-electron chi connectivity index (χ0n) is 16.9. The topological polar surface area (TPSA) is 94.8 Å². The van der Waals surface area contributed by atoms with Gasteiger partial charge in [0, 0.05) is 22.7 Å². The summed E-state index contributed by atoms with van der Waals surface area (Å²) in [6.45, 7) is 0. The molecule has 4 aromatic rings. The summed E-state index contributed by atoms with van der Waals surface area (Å²) >= 11 is 0. The normalized spacial score (nSPS) is 12.1. The predicted molar refractivity (Wildman–Crippen MR) is 105 cm³/mol. The third-order valence-corrected chi connectivity index (χ3v) is 4.66. The van der Waals surface area contributed by atoms with Gasteiger partial charge in [-0.15, -0.1) is 5.10 Å². The molecule has 0 atom stereocenters. The number of methoxy groups -OCH3 is 1. The van der Waals surface area contributed by atoms with Gasteiger partial charge in [0.25, 0.3) is 5.91 Å². The van der Waals surface area contributed by atoms with Crippen LogP contribution < -0.4 is 10.1 Å². The monoisotopic (exact) mass is 482 g/mol.